The summed E-state index contributed by atoms with van der Waals surface area (Å²) in [5, 5.41) is 25.7. The van der Waals surface area contributed by atoms with E-state index in [0.29, 0.717) is 0 Å². The third-order valence-electron chi connectivity index (χ3n) is 11.2. The Morgan fingerprint density at radius 3 is 1.56 bits per heavy atom. The minimum atomic E-state index is -1.38. The van der Waals surface area contributed by atoms with Crippen LogP contribution in [0.3, 0.4) is 0 Å². The molecular weight excluding hydrogens is 605 g/mol. The van der Waals surface area contributed by atoms with Gasteiger partial charge >= 0.3 is 0 Å². The fourth-order valence-corrected chi connectivity index (χ4v) is 9.12. The third kappa shape index (κ3) is 3.54. The summed E-state index contributed by atoms with van der Waals surface area (Å²) in [5.41, 5.74) is 8.37. The Morgan fingerprint density at radius 2 is 0.860 bits per heavy atom. The molecule has 10 aromatic carbocycles. The van der Waals surface area contributed by atoms with Gasteiger partial charge in [-0.1, -0.05) is 158 Å². The Morgan fingerprint density at radius 1 is 0.320 bits per heavy atom. The van der Waals surface area contributed by atoms with Crippen molar-refractivity contribution in [2.45, 2.75) is 5.60 Å². The van der Waals surface area contributed by atoms with E-state index in [-0.39, 0.29) is 0 Å². The number of benzene rings is 10. The summed E-state index contributed by atoms with van der Waals surface area (Å²) in [6, 6.07) is 62.9. The van der Waals surface area contributed by atoms with Crippen molar-refractivity contribution in [2.75, 3.05) is 0 Å². The first-order chi connectivity index (χ1) is 24.7. The van der Waals surface area contributed by atoms with Gasteiger partial charge in [0.2, 0.25) is 0 Å². The maximum absolute atomic E-state index is 13.6. The lowest BCUT2D eigenvalue weighted by Gasteiger charge is -2.38. The Balaban J connectivity index is 1.48. The average Bonchev–Trinajstić information content (AvgIpc) is 3.19. The summed E-state index contributed by atoms with van der Waals surface area (Å²) in [6.45, 7) is 0. The van der Waals surface area contributed by atoms with Crippen LogP contribution < -0.4 is 0 Å². The van der Waals surface area contributed by atoms with Crippen LogP contribution in [0.1, 0.15) is 16.7 Å². The van der Waals surface area contributed by atoms with Crippen LogP contribution in [0.15, 0.2) is 176 Å². The summed E-state index contributed by atoms with van der Waals surface area (Å²) in [6.07, 6.45) is 0. The van der Waals surface area contributed by atoms with Crippen molar-refractivity contribution in [2.24, 2.45) is 0 Å². The quantitative estimate of drug-likeness (QED) is 0.151. The molecule has 1 atom stereocenters. The molecule has 0 unspecified atom stereocenters. The number of aliphatic hydroxyl groups is 1. The minimum absolute atomic E-state index is 0.871. The largest absolute Gasteiger partial charge is 0.376 e. The van der Waals surface area contributed by atoms with Gasteiger partial charge in [0.25, 0.3) is 0 Å². The van der Waals surface area contributed by atoms with Gasteiger partial charge in [0.15, 0.2) is 0 Å². The molecule has 1 nitrogen and oxygen atoms in total. The molecule has 0 radical (unpaired) electrons. The lowest BCUT2D eigenvalue weighted by Crippen LogP contribution is -2.31. The molecule has 0 saturated heterocycles. The SMILES string of the molecule is O[C@@]1(c2ccccc2)c2cc(-c3ccccc3)cc3c(-c4ccccc4)c4cc(-c5ccccc5)c5cccc6c7cccc1c7c(c23)c4c56. The Kier molecular flexibility index (Phi) is 5.60. The lowest BCUT2D eigenvalue weighted by atomic mass is 9.68. The maximum Gasteiger partial charge on any atom is 0.141 e. The highest BCUT2D eigenvalue weighted by atomic mass is 16.3. The van der Waals surface area contributed by atoms with Crippen molar-refractivity contribution in [1.82, 2.24) is 0 Å². The van der Waals surface area contributed by atoms with Crippen LogP contribution in [-0.2, 0) is 5.60 Å². The van der Waals surface area contributed by atoms with Crippen molar-refractivity contribution in [3.63, 3.8) is 0 Å². The van der Waals surface area contributed by atoms with Crippen molar-refractivity contribution in [3.8, 4) is 33.4 Å². The predicted octanol–water partition coefficient (Wildman–Crippen LogP) is 12.5. The molecule has 0 saturated carbocycles. The van der Waals surface area contributed by atoms with E-state index < -0.39 is 5.60 Å². The Labute approximate surface area is 289 Å². The van der Waals surface area contributed by atoms with Gasteiger partial charge < -0.3 is 5.11 Å². The van der Waals surface area contributed by atoms with Crippen LogP contribution >= 0.6 is 0 Å². The minimum Gasteiger partial charge on any atom is -0.376 e. The molecule has 0 aliphatic heterocycles. The lowest BCUT2D eigenvalue weighted by molar-refractivity contribution is 0.128. The molecule has 0 heterocycles. The highest BCUT2D eigenvalue weighted by Crippen LogP contribution is 2.58. The van der Waals surface area contributed by atoms with E-state index in [0.717, 1.165) is 44.0 Å². The Hall–Kier alpha value is -6.28. The molecule has 1 aliphatic rings. The molecule has 0 amide bonds. The highest BCUT2D eigenvalue weighted by Gasteiger charge is 2.42. The van der Waals surface area contributed by atoms with Gasteiger partial charge in [-0.2, -0.15) is 0 Å². The van der Waals surface area contributed by atoms with Gasteiger partial charge in [-0.3, -0.25) is 0 Å². The zero-order chi connectivity index (χ0) is 33.0. The third-order valence-corrected chi connectivity index (χ3v) is 11.2. The predicted molar refractivity (Wildman–Crippen MR) is 210 cm³/mol. The van der Waals surface area contributed by atoms with E-state index in [1.165, 1.54) is 60.0 Å². The normalized spacial score (nSPS) is 15.4. The first-order valence-electron chi connectivity index (χ1n) is 17.3. The van der Waals surface area contributed by atoms with Crippen molar-refractivity contribution < 1.29 is 5.11 Å². The van der Waals surface area contributed by atoms with Crippen LogP contribution in [0.25, 0.3) is 87.2 Å². The molecule has 10 aromatic rings. The van der Waals surface area contributed by atoms with Gasteiger partial charge in [-0.15, -0.1) is 0 Å². The molecule has 0 fully saturated rings. The van der Waals surface area contributed by atoms with Gasteiger partial charge in [-0.25, -0.2) is 0 Å². The number of hydrogen-bond donors (Lipinski definition) is 1. The summed E-state index contributed by atoms with van der Waals surface area (Å²) in [5.74, 6) is 0. The fourth-order valence-electron chi connectivity index (χ4n) is 9.12. The van der Waals surface area contributed by atoms with Crippen molar-refractivity contribution in [1.29, 1.82) is 0 Å². The van der Waals surface area contributed by atoms with E-state index in [2.05, 4.69) is 158 Å². The summed E-state index contributed by atoms with van der Waals surface area (Å²) < 4.78 is 0. The van der Waals surface area contributed by atoms with Crippen LogP contribution in [0.2, 0.25) is 0 Å². The fraction of sp³-hybridized carbons (Fsp3) is 0.0204. The Bertz CT molecular complexity index is 2950. The molecule has 0 bridgehead atoms. The van der Waals surface area contributed by atoms with E-state index >= 15 is 0 Å². The summed E-state index contributed by atoms with van der Waals surface area (Å²) in [7, 11) is 0. The molecule has 1 heteroatoms. The molecule has 1 N–H and O–H groups in total. The molecular formula is C49H30O. The van der Waals surface area contributed by atoms with Gasteiger partial charge in [-0.05, 0) is 111 Å². The summed E-state index contributed by atoms with van der Waals surface area (Å²) >= 11 is 0. The number of fused-ring (bicyclic) bond motifs is 1. The number of rotatable bonds is 4. The number of hydrogen-bond acceptors (Lipinski definition) is 1. The highest BCUT2D eigenvalue weighted by molar-refractivity contribution is 6.44. The molecule has 232 valence electrons. The smallest absolute Gasteiger partial charge is 0.141 e. The van der Waals surface area contributed by atoms with Gasteiger partial charge in [0.05, 0.1) is 0 Å². The van der Waals surface area contributed by atoms with Crippen LogP contribution in [0, 0.1) is 0 Å². The standard InChI is InChI=1S/C49H30O/c50-49(34-21-11-4-12-22-34)41-26-14-25-36-35-23-13-24-37-38(31-17-7-2-8-18-31)29-40-43(32-19-9-3-10-20-32)39-27-33(30-15-5-1-6-16-30)28-42(49)46(39)48(45(36)41)47(40)44(35)37/h1-29,50H/t49-/m1/s1. The molecule has 0 aromatic heterocycles. The monoisotopic (exact) mass is 634 g/mol. The first-order valence-corrected chi connectivity index (χ1v) is 17.3. The van der Waals surface area contributed by atoms with E-state index in [1.807, 2.05) is 18.2 Å². The first kappa shape index (κ1) is 27.6. The van der Waals surface area contributed by atoms with E-state index in [1.54, 1.807) is 0 Å². The van der Waals surface area contributed by atoms with Gasteiger partial charge in [0, 0.05) is 11.1 Å². The van der Waals surface area contributed by atoms with E-state index in [9.17, 15) is 5.11 Å². The zero-order valence-electron chi connectivity index (χ0n) is 27.2. The zero-order valence-corrected chi connectivity index (χ0v) is 27.2. The van der Waals surface area contributed by atoms with Crippen LogP contribution in [-0.4, -0.2) is 5.11 Å². The molecule has 0 spiro atoms. The average molecular weight is 635 g/mol. The van der Waals surface area contributed by atoms with E-state index in [4.69, 9.17) is 0 Å². The van der Waals surface area contributed by atoms with Gasteiger partial charge in [0.1, 0.15) is 5.60 Å². The summed E-state index contributed by atoms with van der Waals surface area (Å²) in [4.78, 5) is 0. The second-order valence-electron chi connectivity index (χ2n) is 13.7. The molecule has 50 heavy (non-hydrogen) atoms. The second kappa shape index (κ2) is 10.1. The second-order valence-corrected chi connectivity index (χ2v) is 13.7. The molecule has 1 aliphatic carbocycles. The van der Waals surface area contributed by atoms with Crippen molar-refractivity contribution >= 4 is 53.9 Å². The van der Waals surface area contributed by atoms with Crippen molar-refractivity contribution in [3.05, 3.63) is 193 Å². The van der Waals surface area contributed by atoms with Crippen LogP contribution in [0.5, 0.6) is 0 Å². The maximum atomic E-state index is 13.6. The molecule has 11 rings (SSSR count). The van der Waals surface area contributed by atoms with Crippen LogP contribution in [0.4, 0.5) is 0 Å². The topological polar surface area (TPSA) is 20.2 Å².